The van der Waals surface area contributed by atoms with Crippen LogP contribution in [0.3, 0.4) is 0 Å². The molecule has 0 radical (unpaired) electrons. The Kier molecular flexibility index (Phi) is 2.83. The Labute approximate surface area is 103 Å². The summed E-state index contributed by atoms with van der Waals surface area (Å²) in [5, 5.41) is 10.2. The molecule has 0 saturated heterocycles. The molecule has 2 aliphatic rings. The Morgan fingerprint density at radius 1 is 1.41 bits per heavy atom. The van der Waals surface area contributed by atoms with E-state index in [1.807, 2.05) is 12.1 Å². The van der Waals surface area contributed by atoms with E-state index >= 15 is 0 Å². The number of benzene rings is 1. The van der Waals surface area contributed by atoms with Crippen LogP contribution in [0.25, 0.3) is 0 Å². The second-order valence-corrected chi connectivity index (χ2v) is 5.55. The number of aliphatic hydroxyl groups is 1. The number of aliphatic hydroxyl groups excluding tert-OH is 1. The van der Waals surface area contributed by atoms with Crippen molar-refractivity contribution in [3.05, 3.63) is 29.3 Å². The molecule has 0 bridgehead atoms. The van der Waals surface area contributed by atoms with Gasteiger partial charge < -0.3 is 9.84 Å². The molecule has 1 aromatic rings. The van der Waals surface area contributed by atoms with E-state index in [1.165, 1.54) is 24.8 Å². The maximum atomic E-state index is 10.2. The van der Waals surface area contributed by atoms with Crippen LogP contribution < -0.4 is 4.74 Å². The van der Waals surface area contributed by atoms with Crippen molar-refractivity contribution in [1.82, 2.24) is 0 Å². The number of hydrogen-bond donors (Lipinski definition) is 1. The summed E-state index contributed by atoms with van der Waals surface area (Å²) in [5.74, 6) is 1.74. The van der Waals surface area contributed by atoms with Gasteiger partial charge in [0.25, 0.3) is 0 Å². The van der Waals surface area contributed by atoms with E-state index in [0.717, 1.165) is 30.1 Å². The summed E-state index contributed by atoms with van der Waals surface area (Å²) in [6, 6.07) is 6.15. The van der Waals surface area contributed by atoms with Gasteiger partial charge in [0.05, 0.1) is 6.10 Å². The van der Waals surface area contributed by atoms with E-state index in [-0.39, 0.29) is 12.2 Å². The zero-order chi connectivity index (χ0) is 11.8. The van der Waals surface area contributed by atoms with Crippen molar-refractivity contribution in [2.75, 3.05) is 0 Å². The van der Waals surface area contributed by atoms with E-state index in [0.29, 0.717) is 0 Å². The molecule has 2 heteroatoms. The predicted molar refractivity (Wildman–Crippen MR) is 67.2 cm³/mol. The van der Waals surface area contributed by atoms with E-state index in [2.05, 4.69) is 13.0 Å². The van der Waals surface area contributed by atoms with Crippen molar-refractivity contribution in [1.29, 1.82) is 0 Å². The maximum Gasteiger partial charge on any atom is 0.123 e. The lowest BCUT2D eigenvalue weighted by molar-refractivity contribution is 0.118. The highest BCUT2D eigenvalue weighted by atomic mass is 16.5. The summed E-state index contributed by atoms with van der Waals surface area (Å²) in [5.41, 5.74) is 2.32. The van der Waals surface area contributed by atoms with Gasteiger partial charge in [0.2, 0.25) is 0 Å². The molecular formula is C15H20O2. The smallest absolute Gasteiger partial charge is 0.123 e. The van der Waals surface area contributed by atoms with Gasteiger partial charge in [0.1, 0.15) is 11.9 Å². The summed E-state index contributed by atoms with van der Waals surface area (Å²) in [6.45, 7) is 2.09. The first-order valence-electron chi connectivity index (χ1n) is 6.70. The maximum absolute atomic E-state index is 10.2. The Morgan fingerprint density at radius 3 is 2.94 bits per heavy atom. The molecule has 1 heterocycles. The minimum Gasteiger partial charge on any atom is -0.490 e. The molecule has 2 unspecified atom stereocenters. The molecule has 2 atom stereocenters. The molecule has 17 heavy (non-hydrogen) atoms. The highest BCUT2D eigenvalue weighted by molar-refractivity contribution is 5.41. The average Bonchev–Trinajstić information content (AvgIpc) is 2.62. The van der Waals surface area contributed by atoms with Crippen LogP contribution in [0.1, 0.15) is 49.8 Å². The molecule has 0 aromatic heterocycles. The molecule has 1 fully saturated rings. The van der Waals surface area contributed by atoms with Gasteiger partial charge in [-0.1, -0.05) is 25.3 Å². The average molecular weight is 232 g/mol. The number of hydrogen-bond acceptors (Lipinski definition) is 2. The highest BCUT2D eigenvalue weighted by Crippen LogP contribution is 2.36. The highest BCUT2D eigenvalue weighted by Gasteiger charge is 2.24. The van der Waals surface area contributed by atoms with Crippen LogP contribution in [-0.2, 0) is 6.42 Å². The zero-order valence-electron chi connectivity index (χ0n) is 10.4. The molecule has 3 rings (SSSR count). The standard InChI is InChI=1S/C15H20O2/c1-10-7-13-9-12(5-6-15(13)17-10)14(16)8-11-3-2-4-11/h5-6,9-11,14,16H,2-4,7-8H2,1H3. The van der Waals surface area contributed by atoms with Crippen LogP contribution in [0.2, 0.25) is 0 Å². The summed E-state index contributed by atoms with van der Waals surface area (Å²) in [4.78, 5) is 0. The Bertz CT molecular complexity index is 409. The SMILES string of the molecule is CC1Cc2cc(C(O)CC3CCC3)ccc2O1. The predicted octanol–water partition coefficient (Wildman–Crippen LogP) is 3.23. The minimum atomic E-state index is -0.290. The Morgan fingerprint density at radius 2 is 2.24 bits per heavy atom. The van der Waals surface area contributed by atoms with Crippen LogP contribution in [0.5, 0.6) is 5.75 Å². The lowest BCUT2D eigenvalue weighted by Crippen LogP contribution is -2.14. The summed E-state index contributed by atoms with van der Waals surface area (Å²) in [7, 11) is 0. The molecule has 1 aromatic carbocycles. The second-order valence-electron chi connectivity index (χ2n) is 5.55. The lowest BCUT2D eigenvalue weighted by Gasteiger charge is -2.27. The third kappa shape index (κ3) is 2.19. The van der Waals surface area contributed by atoms with E-state index in [4.69, 9.17) is 4.74 Å². The third-order valence-corrected chi connectivity index (χ3v) is 4.09. The first-order valence-corrected chi connectivity index (χ1v) is 6.70. The molecule has 1 aliphatic carbocycles. The normalized spacial score (nSPS) is 24.9. The van der Waals surface area contributed by atoms with Crippen LogP contribution in [-0.4, -0.2) is 11.2 Å². The van der Waals surface area contributed by atoms with E-state index in [9.17, 15) is 5.11 Å². The van der Waals surface area contributed by atoms with Crippen LogP contribution in [0, 0.1) is 5.92 Å². The summed E-state index contributed by atoms with van der Waals surface area (Å²) < 4.78 is 5.67. The van der Waals surface area contributed by atoms with Gasteiger partial charge in [-0.05, 0) is 42.5 Å². The number of fused-ring (bicyclic) bond motifs is 1. The monoisotopic (exact) mass is 232 g/mol. The topological polar surface area (TPSA) is 29.5 Å². The van der Waals surface area contributed by atoms with Crippen molar-refractivity contribution in [2.45, 2.75) is 51.2 Å². The zero-order valence-corrected chi connectivity index (χ0v) is 10.4. The van der Waals surface area contributed by atoms with E-state index < -0.39 is 0 Å². The fraction of sp³-hybridized carbons (Fsp3) is 0.600. The van der Waals surface area contributed by atoms with Gasteiger partial charge in [-0.15, -0.1) is 0 Å². The third-order valence-electron chi connectivity index (χ3n) is 4.09. The van der Waals surface area contributed by atoms with Crippen LogP contribution >= 0.6 is 0 Å². The van der Waals surface area contributed by atoms with Crippen LogP contribution in [0.15, 0.2) is 18.2 Å². The molecule has 1 N–H and O–H groups in total. The molecule has 1 aliphatic heterocycles. The molecule has 0 spiro atoms. The van der Waals surface area contributed by atoms with Gasteiger partial charge in [-0.2, -0.15) is 0 Å². The van der Waals surface area contributed by atoms with Crippen molar-refractivity contribution >= 4 is 0 Å². The van der Waals surface area contributed by atoms with Crippen molar-refractivity contribution in [3.8, 4) is 5.75 Å². The van der Waals surface area contributed by atoms with E-state index in [1.54, 1.807) is 0 Å². The molecular weight excluding hydrogens is 212 g/mol. The van der Waals surface area contributed by atoms with Crippen molar-refractivity contribution in [2.24, 2.45) is 5.92 Å². The molecule has 0 amide bonds. The molecule has 2 nitrogen and oxygen atoms in total. The first kappa shape index (κ1) is 11.1. The van der Waals surface area contributed by atoms with Crippen LogP contribution in [0.4, 0.5) is 0 Å². The number of rotatable bonds is 3. The fourth-order valence-corrected chi connectivity index (χ4v) is 2.83. The Hall–Kier alpha value is -1.02. The molecule has 1 saturated carbocycles. The van der Waals surface area contributed by atoms with Crippen molar-refractivity contribution < 1.29 is 9.84 Å². The van der Waals surface area contributed by atoms with Gasteiger partial charge in [-0.3, -0.25) is 0 Å². The summed E-state index contributed by atoms with van der Waals surface area (Å²) >= 11 is 0. The molecule has 92 valence electrons. The Balaban J connectivity index is 1.72. The van der Waals surface area contributed by atoms with Gasteiger partial charge in [-0.25, -0.2) is 0 Å². The van der Waals surface area contributed by atoms with Gasteiger partial charge in [0, 0.05) is 6.42 Å². The van der Waals surface area contributed by atoms with Gasteiger partial charge >= 0.3 is 0 Å². The number of ether oxygens (including phenoxy) is 1. The largest absolute Gasteiger partial charge is 0.490 e. The summed E-state index contributed by atoms with van der Waals surface area (Å²) in [6.07, 6.45) is 5.82. The fourth-order valence-electron chi connectivity index (χ4n) is 2.83. The van der Waals surface area contributed by atoms with Crippen molar-refractivity contribution in [3.63, 3.8) is 0 Å². The quantitative estimate of drug-likeness (QED) is 0.867. The first-order chi connectivity index (χ1) is 8.22. The van der Waals surface area contributed by atoms with Gasteiger partial charge in [0.15, 0.2) is 0 Å². The lowest BCUT2D eigenvalue weighted by atomic mass is 9.80. The minimum absolute atomic E-state index is 0.282. The second kappa shape index (κ2) is 4.34.